The van der Waals surface area contributed by atoms with Gasteiger partial charge in [-0.1, -0.05) is 36.5 Å². The number of carbonyl (C=O) groups excluding carboxylic acids is 1. The van der Waals surface area contributed by atoms with Crippen LogP contribution in [0.2, 0.25) is 10.2 Å². The number of aromatic nitrogens is 1. The largest absolute Gasteiger partial charge is 0.481 e. The lowest BCUT2D eigenvalue weighted by Crippen LogP contribution is -2.36. The molecule has 0 aliphatic rings. The van der Waals surface area contributed by atoms with Gasteiger partial charge in [0, 0.05) is 12.2 Å². The van der Waals surface area contributed by atoms with Crippen LogP contribution in [0, 0.1) is 0 Å². The van der Waals surface area contributed by atoms with E-state index in [0.29, 0.717) is 6.42 Å². The van der Waals surface area contributed by atoms with Gasteiger partial charge >= 0.3 is 5.97 Å². The van der Waals surface area contributed by atoms with Gasteiger partial charge in [-0.25, -0.2) is 4.98 Å². The van der Waals surface area contributed by atoms with Crippen LogP contribution in [0.25, 0.3) is 0 Å². The number of pyridine rings is 1. The molecule has 0 saturated heterocycles. The first-order valence-corrected chi connectivity index (χ1v) is 6.53. The molecule has 1 rings (SSSR count). The molecular weight excluding hydrogens is 291 g/mol. The molecule has 0 bridgehead atoms. The summed E-state index contributed by atoms with van der Waals surface area (Å²) in [6.45, 7) is 1.92. The highest BCUT2D eigenvalue weighted by Crippen LogP contribution is 2.19. The number of nitrogens with one attached hydrogen (secondary N) is 1. The van der Waals surface area contributed by atoms with Gasteiger partial charge in [0.05, 0.1) is 17.0 Å². The van der Waals surface area contributed by atoms with E-state index >= 15 is 0 Å². The van der Waals surface area contributed by atoms with Gasteiger partial charge in [-0.15, -0.1) is 0 Å². The smallest absolute Gasteiger partial charge is 0.305 e. The molecule has 0 saturated carbocycles. The van der Waals surface area contributed by atoms with E-state index in [1.807, 2.05) is 6.92 Å². The number of hydrogen-bond donors (Lipinski definition) is 2. The SMILES string of the molecule is CCCC(CC(=O)O)NC(=O)c1cnc(Cl)c(Cl)c1. The fraction of sp³-hybridized carbons (Fsp3) is 0.417. The van der Waals surface area contributed by atoms with Crippen LogP contribution < -0.4 is 5.32 Å². The molecule has 1 aromatic rings. The maximum Gasteiger partial charge on any atom is 0.305 e. The standard InChI is InChI=1S/C12H14Cl2N2O3/c1-2-3-8(5-10(17)18)16-12(19)7-4-9(13)11(14)15-6-7/h4,6,8H,2-3,5H2,1H3,(H,16,19)(H,17,18). The minimum Gasteiger partial charge on any atom is -0.481 e. The third kappa shape index (κ3) is 5.04. The first-order chi connectivity index (χ1) is 8.93. The Labute approximate surface area is 120 Å². The average molecular weight is 305 g/mol. The molecule has 104 valence electrons. The first-order valence-electron chi connectivity index (χ1n) is 5.77. The van der Waals surface area contributed by atoms with Crippen molar-refractivity contribution in [3.05, 3.63) is 28.0 Å². The molecular formula is C12H14Cl2N2O3. The molecule has 0 aliphatic carbocycles. The van der Waals surface area contributed by atoms with Gasteiger partial charge < -0.3 is 10.4 Å². The molecule has 0 fully saturated rings. The van der Waals surface area contributed by atoms with Crippen LogP contribution in [0.3, 0.4) is 0 Å². The van der Waals surface area contributed by atoms with Crippen molar-refractivity contribution in [3.8, 4) is 0 Å². The van der Waals surface area contributed by atoms with E-state index in [1.165, 1.54) is 12.3 Å². The Morgan fingerprint density at radius 3 is 2.68 bits per heavy atom. The van der Waals surface area contributed by atoms with Crippen molar-refractivity contribution in [1.82, 2.24) is 10.3 Å². The van der Waals surface area contributed by atoms with Gasteiger partial charge in [0.2, 0.25) is 0 Å². The van der Waals surface area contributed by atoms with E-state index in [1.54, 1.807) is 0 Å². The molecule has 0 radical (unpaired) electrons. The van der Waals surface area contributed by atoms with Crippen LogP contribution in [-0.4, -0.2) is 28.0 Å². The molecule has 1 heterocycles. The molecule has 0 aromatic carbocycles. The molecule has 1 atom stereocenters. The predicted octanol–water partition coefficient (Wildman–Crippen LogP) is 2.76. The lowest BCUT2D eigenvalue weighted by molar-refractivity contribution is -0.137. The number of carboxylic acid groups (broad SMARTS) is 1. The van der Waals surface area contributed by atoms with Gasteiger partial charge in [-0.05, 0) is 12.5 Å². The van der Waals surface area contributed by atoms with Crippen molar-refractivity contribution in [2.75, 3.05) is 0 Å². The van der Waals surface area contributed by atoms with Crippen LogP contribution in [-0.2, 0) is 4.79 Å². The van der Waals surface area contributed by atoms with Gasteiger partial charge in [-0.2, -0.15) is 0 Å². The van der Waals surface area contributed by atoms with E-state index in [4.69, 9.17) is 28.3 Å². The Morgan fingerprint density at radius 1 is 1.47 bits per heavy atom. The number of halogens is 2. The summed E-state index contributed by atoms with van der Waals surface area (Å²) in [6, 6.07) is 0.986. The molecule has 2 N–H and O–H groups in total. The zero-order valence-corrected chi connectivity index (χ0v) is 11.8. The van der Waals surface area contributed by atoms with Gasteiger partial charge in [0.1, 0.15) is 5.15 Å². The highest BCUT2D eigenvalue weighted by Gasteiger charge is 2.17. The summed E-state index contributed by atoms with van der Waals surface area (Å²) in [5.41, 5.74) is 0.251. The average Bonchev–Trinajstić information content (AvgIpc) is 2.32. The van der Waals surface area contributed by atoms with Crippen LogP contribution in [0.1, 0.15) is 36.5 Å². The minimum absolute atomic E-state index is 0.117. The van der Waals surface area contributed by atoms with E-state index in [9.17, 15) is 9.59 Å². The van der Waals surface area contributed by atoms with E-state index in [-0.39, 0.29) is 22.2 Å². The Balaban J connectivity index is 2.75. The monoisotopic (exact) mass is 304 g/mol. The second kappa shape index (κ2) is 7.31. The van der Waals surface area contributed by atoms with Gasteiger partial charge in [0.25, 0.3) is 5.91 Å². The second-order valence-corrected chi connectivity index (χ2v) is 4.82. The summed E-state index contributed by atoms with van der Waals surface area (Å²) < 4.78 is 0. The maximum absolute atomic E-state index is 11.9. The molecule has 1 unspecified atom stereocenters. The first kappa shape index (κ1) is 15.7. The fourth-order valence-corrected chi connectivity index (χ4v) is 1.87. The van der Waals surface area contributed by atoms with Crippen LogP contribution in [0.15, 0.2) is 12.3 Å². The van der Waals surface area contributed by atoms with Crippen LogP contribution in [0.4, 0.5) is 0 Å². The number of aliphatic carboxylic acids is 1. The summed E-state index contributed by atoms with van der Waals surface area (Å²) in [5, 5.41) is 11.7. The van der Waals surface area contributed by atoms with Crippen molar-refractivity contribution in [1.29, 1.82) is 0 Å². The van der Waals surface area contributed by atoms with Crippen molar-refractivity contribution >= 4 is 35.1 Å². The number of rotatable bonds is 6. The van der Waals surface area contributed by atoms with Crippen molar-refractivity contribution < 1.29 is 14.7 Å². The van der Waals surface area contributed by atoms with Crippen molar-refractivity contribution in [3.63, 3.8) is 0 Å². The maximum atomic E-state index is 11.9. The lowest BCUT2D eigenvalue weighted by Gasteiger charge is -2.16. The molecule has 19 heavy (non-hydrogen) atoms. The minimum atomic E-state index is -0.953. The summed E-state index contributed by atoms with van der Waals surface area (Å²) in [6.07, 6.45) is 2.55. The molecule has 0 aliphatic heterocycles. The summed E-state index contributed by atoms with van der Waals surface area (Å²) in [5.74, 6) is -1.36. The second-order valence-electron chi connectivity index (χ2n) is 4.05. The summed E-state index contributed by atoms with van der Waals surface area (Å²) >= 11 is 11.4. The highest BCUT2D eigenvalue weighted by molar-refractivity contribution is 6.41. The fourth-order valence-electron chi connectivity index (χ4n) is 1.60. The number of nitrogens with zero attached hydrogens (tertiary/aromatic N) is 1. The number of carbonyl (C=O) groups is 2. The Kier molecular flexibility index (Phi) is 6.05. The molecule has 5 nitrogen and oxygen atoms in total. The molecule has 1 amide bonds. The summed E-state index contributed by atoms with van der Waals surface area (Å²) in [4.78, 5) is 26.4. The van der Waals surface area contributed by atoms with E-state index in [2.05, 4.69) is 10.3 Å². The topological polar surface area (TPSA) is 79.3 Å². The van der Waals surface area contributed by atoms with Gasteiger partial charge in [-0.3, -0.25) is 9.59 Å². The normalized spacial score (nSPS) is 11.9. The number of hydrogen-bond acceptors (Lipinski definition) is 3. The van der Waals surface area contributed by atoms with E-state index < -0.39 is 17.9 Å². The van der Waals surface area contributed by atoms with E-state index in [0.717, 1.165) is 6.42 Å². The zero-order valence-electron chi connectivity index (χ0n) is 10.3. The lowest BCUT2D eigenvalue weighted by atomic mass is 10.1. The molecule has 0 spiro atoms. The Bertz CT molecular complexity index is 480. The van der Waals surface area contributed by atoms with Crippen LogP contribution >= 0.6 is 23.2 Å². The third-order valence-electron chi connectivity index (χ3n) is 2.45. The molecule has 7 heteroatoms. The van der Waals surface area contributed by atoms with Crippen molar-refractivity contribution in [2.45, 2.75) is 32.2 Å². The zero-order chi connectivity index (χ0) is 14.4. The quantitative estimate of drug-likeness (QED) is 0.792. The van der Waals surface area contributed by atoms with Crippen LogP contribution in [0.5, 0.6) is 0 Å². The molecule has 1 aromatic heterocycles. The van der Waals surface area contributed by atoms with Gasteiger partial charge in [0.15, 0.2) is 0 Å². The Hall–Kier alpha value is -1.33. The number of carboxylic acids is 1. The predicted molar refractivity (Wildman–Crippen MR) is 72.7 cm³/mol. The third-order valence-corrected chi connectivity index (χ3v) is 3.14. The number of amides is 1. The van der Waals surface area contributed by atoms with Crippen molar-refractivity contribution in [2.24, 2.45) is 0 Å². The highest BCUT2D eigenvalue weighted by atomic mass is 35.5. The summed E-state index contributed by atoms with van der Waals surface area (Å²) in [7, 11) is 0. The Morgan fingerprint density at radius 2 is 2.16 bits per heavy atom.